The maximum atomic E-state index is 12.4. The van der Waals surface area contributed by atoms with Crippen molar-refractivity contribution in [2.75, 3.05) is 26.3 Å². The highest BCUT2D eigenvalue weighted by Gasteiger charge is 2.22. The first-order chi connectivity index (χ1) is 13.1. The molecule has 0 spiro atoms. The van der Waals surface area contributed by atoms with E-state index < -0.39 is 17.9 Å². The van der Waals surface area contributed by atoms with Gasteiger partial charge in [-0.1, -0.05) is 35.5 Å². The number of ether oxygens (including phenoxy) is 1. The second-order valence-corrected chi connectivity index (χ2v) is 6.52. The van der Waals surface area contributed by atoms with Crippen molar-refractivity contribution >= 4 is 11.8 Å². The summed E-state index contributed by atoms with van der Waals surface area (Å²) >= 11 is 0. The van der Waals surface area contributed by atoms with Crippen molar-refractivity contribution in [1.29, 1.82) is 0 Å². The van der Waals surface area contributed by atoms with Crippen LogP contribution >= 0.6 is 0 Å². The third-order valence-corrected chi connectivity index (χ3v) is 4.49. The number of aromatic nitrogens is 1. The Hall–Kier alpha value is -2.71. The molecule has 0 aliphatic carbocycles. The van der Waals surface area contributed by atoms with E-state index in [9.17, 15) is 9.59 Å². The van der Waals surface area contributed by atoms with Crippen LogP contribution in [0.2, 0.25) is 0 Å². The quantitative estimate of drug-likeness (QED) is 0.707. The zero-order valence-electron chi connectivity index (χ0n) is 15.1. The molecule has 0 radical (unpaired) electrons. The number of nitrogens with one attached hydrogen (secondary N) is 1. The van der Waals surface area contributed by atoms with Crippen molar-refractivity contribution in [2.45, 2.75) is 25.4 Å². The van der Waals surface area contributed by atoms with E-state index in [1.807, 2.05) is 30.3 Å². The zero-order valence-corrected chi connectivity index (χ0v) is 15.1. The predicted octanol–water partition coefficient (Wildman–Crippen LogP) is 0.723. The van der Waals surface area contributed by atoms with Crippen LogP contribution in [0.3, 0.4) is 0 Å². The van der Waals surface area contributed by atoms with E-state index in [0.717, 1.165) is 18.7 Å². The molecular weight excluding hydrogens is 348 g/mol. The molecule has 1 aromatic carbocycles. The number of benzene rings is 1. The van der Waals surface area contributed by atoms with Gasteiger partial charge in [0.15, 0.2) is 11.5 Å². The lowest BCUT2D eigenvalue weighted by molar-refractivity contribution is -0.120. The van der Waals surface area contributed by atoms with E-state index in [4.69, 9.17) is 15.0 Å². The molecule has 1 saturated heterocycles. The molecule has 144 valence electrons. The van der Waals surface area contributed by atoms with Crippen molar-refractivity contribution in [2.24, 2.45) is 5.73 Å². The number of rotatable bonds is 8. The first-order valence-electron chi connectivity index (χ1n) is 9.01. The Morgan fingerprint density at radius 2 is 1.96 bits per heavy atom. The molecule has 3 N–H and O–H groups in total. The van der Waals surface area contributed by atoms with Crippen molar-refractivity contribution < 1.29 is 18.8 Å². The second-order valence-electron chi connectivity index (χ2n) is 6.52. The molecule has 2 amide bonds. The summed E-state index contributed by atoms with van der Waals surface area (Å²) in [4.78, 5) is 26.3. The summed E-state index contributed by atoms with van der Waals surface area (Å²) in [6.45, 7) is 3.56. The van der Waals surface area contributed by atoms with Crippen molar-refractivity contribution in [3.8, 4) is 0 Å². The number of carbonyl (C=O) groups is 2. The van der Waals surface area contributed by atoms with Gasteiger partial charge in [0, 0.05) is 19.2 Å². The number of aryl methyl sites for hydroxylation is 1. The van der Waals surface area contributed by atoms with E-state index in [0.29, 0.717) is 38.4 Å². The molecule has 2 heterocycles. The van der Waals surface area contributed by atoms with E-state index in [1.165, 1.54) is 0 Å². The molecule has 1 aliphatic heterocycles. The summed E-state index contributed by atoms with van der Waals surface area (Å²) in [6.07, 6.45) is 1.05. The predicted molar refractivity (Wildman–Crippen MR) is 97.8 cm³/mol. The minimum absolute atomic E-state index is 0.143. The fourth-order valence-corrected chi connectivity index (χ4v) is 2.95. The van der Waals surface area contributed by atoms with Gasteiger partial charge in [0.1, 0.15) is 6.04 Å². The molecule has 8 nitrogen and oxygen atoms in total. The monoisotopic (exact) mass is 372 g/mol. The fourth-order valence-electron chi connectivity index (χ4n) is 2.95. The zero-order chi connectivity index (χ0) is 19.1. The van der Waals surface area contributed by atoms with Crippen LogP contribution in [0.4, 0.5) is 0 Å². The molecule has 0 saturated carbocycles. The van der Waals surface area contributed by atoms with E-state index in [2.05, 4.69) is 15.4 Å². The Labute approximate surface area is 157 Å². The highest BCUT2D eigenvalue weighted by Crippen LogP contribution is 2.10. The maximum Gasteiger partial charge on any atom is 0.274 e. The lowest BCUT2D eigenvalue weighted by atomic mass is 10.0. The smallest absolute Gasteiger partial charge is 0.274 e. The largest absolute Gasteiger partial charge is 0.379 e. The summed E-state index contributed by atoms with van der Waals surface area (Å²) < 4.78 is 10.6. The topological polar surface area (TPSA) is 111 Å². The normalized spacial score (nSPS) is 16.0. The van der Waals surface area contributed by atoms with Gasteiger partial charge < -0.3 is 20.3 Å². The van der Waals surface area contributed by atoms with Gasteiger partial charge in [-0.3, -0.25) is 14.5 Å². The van der Waals surface area contributed by atoms with Crippen molar-refractivity contribution in [1.82, 2.24) is 15.4 Å². The molecule has 1 fully saturated rings. The van der Waals surface area contributed by atoms with Crippen LogP contribution in [0.25, 0.3) is 0 Å². The lowest BCUT2D eigenvalue weighted by Gasteiger charge is -2.25. The molecule has 1 aromatic heterocycles. The Balaban J connectivity index is 1.54. The summed E-state index contributed by atoms with van der Waals surface area (Å²) in [5, 5.41) is 6.47. The van der Waals surface area contributed by atoms with Crippen molar-refractivity contribution in [3.63, 3.8) is 0 Å². The summed E-state index contributed by atoms with van der Waals surface area (Å²) in [6, 6.07) is 10.6. The molecule has 8 heteroatoms. The minimum Gasteiger partial charge on any atom is -0.379 e. The Kier molecular flexibility index (Phi) is 6.56. The van der Waals surface area contributed by atoms with Gasteiger partial charge in [-0.05, 0) is 18.4 Å². The third-order valence-electron chi connectivity index (χ3n) is 4.49. The van der Waals surface area contributed by atoms with Crippen LogP contribution in [-0.2, 0) is 22.5 Å². The number of hydrogen-bond donors (Lipinski definition) is 2. The number of amides is 2. The van der Waals surface area contributed by atoms with Crippen LogP contribution in [0, 0.1) is 0 Å². The molecule has 27 heavy (non-hydrogen) atoms. The Bertz CT molecular complexity index is 756. The molecule has 1 atom stereocenters. The van der Waals surface area contributed by atoms with Gasteiger partial charge in [0.2, 0.25) is 5.91 Å². The van der Waals surface area contributed by atoms with Crippen LogP contribution < -0.4 is 11.1 Å². The van der Waals surface area contributed by atoms with Gasteiger partial charge in [-0.15, -0.1) is 0 Å². The highest BCUT2D eigenvalue weighted by molar-refractivity contribution is 5.95. The molecule has 3 rings (SSSR count). The number of morpholine rings is 1. The summed E-state index contributed by atoms with van der Waals surface area (Å²) in [5.74, 6) is -0.442. The Morgan fingerprint density at radius 1 is 1.22 bits per heavy atom. The molecular formula is C19H24N4O4. The average Bonchev–Trinajstić information content (AvgIpc) is 3.15. The van der Waals surface area contributed by atoms with E-state index >= 15 is 0 Å². The maximum absolute atomic E-state index is 12.4. The van der Waals surface area contributed by atoms with E-state index in [-0.39, 0.29) is 5.69 Å². The number of carbonyl (C=O) groups excluding carboxylic acids is 2. The summed E-state index contributed by atoms with van der Waals surface area (Å²) in [5.41, 5.74) is 6.66. The Morgan fingerprint density at radius 3 is 2.67 bits per heavy atom. The number of hydrogen-bond acceptors (Lipinski definition) is 6. The second kappa shape index (κ2) is 9.29. The highest BCUT2D eigenvalue weighted by atomic mass is 16.5. The SMILES string of the molecule is NC(=O)C(CCc1ccccc1)NC(=O)c1cc(CN2CCOCC2)on1. The fraction of sp³-hybridized carbons (Fsp3) is 0.421. The van der Waals surface area contributed by atoms with E-state index in [1.54, 1.807) is 6.07 Å². The van der Waals surface area contributed by atoms with Crippen LogP contribution in [0.1, 0.15) is 28.2 Å². The van der Waals surface area contributed by atoms with Crippen molar-refractivity contribution in [3.05, 3.63) is 53.4 Å². The number of nitrogens with zero attached hydrogens (tertiary/aromatic N) is 2. The first kappa shape index (κ1) is 19.1. The van der Waals surface area contributed by atoms with Gasteiger partial charge in [0.25, 0.3) is 5.91 Å². The minimum atomic E-state index is -0.767. The average molecular weight is 372 g/mol. The van der Waals surface area contributed by atoms with Gasteiger partial charge in [0.05, 0.1) is 19.8 Å². The van der Waals surface area contributed by atoms with Crippen LogP contribution in [-0.4, -0.2) is 54.2 Å². The molecule has 1 aliphatic rings. The first-order valence-corrected chi connectivity index (χ1v) is 9.01. The molecule has 1 unspecified atom stereocenters. The van der Waals surface area contributed by atoms with Gasteiger partial charge in [-0.2, -0.15) is 0 Å². The third kappa shape index (κ3) is 5.63. The summed E-state index contributed by atoms with van der Waals surface area (Å²) in [7, 11) is 0. The lowest BCUT2D eigenvalue weighted by Crippen LogP contribution is -2.44. The van der Waals surface area contributed by atoms with Gasteiger partial charge in [-0.25, -0.2) is 0 Å². The van der Waals surface area contributed by atoms with Crippen LogP contribution in [0.5, 0.6) is 0 Å². The van der Waals surface area contributed by atoms with Gasteiger partial charge >= 0.3 is 0 Å². The molecule has 2 aromatic rings. The number of nitrogens with two attached hydrogens (primary N) is 1. The standard InChI is InChI=1S/C19H24N4O4/c20-18(24)16(7-6-14-4-2-1-3-5-14)21-19(25)17-12-15(27-22-17)13-23-8-10-26-11-9-23/h1-5,12,16H,6-11,13H2,(H2,20,24)(H,21,25). The number of primary amides is 1. The molecule has 0 bridgehead atoms. The van der Waals surface area contributed by atoms with Crippen LogP contribution in [0.15, 0.2) is 40.9 Å².